The smallest absolute Gasteiger partial charge is 0.337 e. The third kappa shape index (κ3) is 2.78. The van der Waals surface area contributed by atoms with Gasteiger partial charge in [-0.1, -0.05) is 17.4 Å². The Morgan fingerprint density at radius 2 is 2.28 bits per heavy atom. The van der Waals surface area contributed by atoms with Crippen molar-refractivity contribution in [2.24, 2.45) is 0 Å². The first-order valence-electron chi connectivity index (χ1n) is 5.31. The number of thiazole rings is 1. The van der Waals surface area contributed by atoms with Crippen molar-refractivity contribution in [2.75, 3.05) is 5.32 Å². The summed E-state index contributed by atoms with van der Waals surface area (Å²) in [6.07, 6.45) is 0. The van der Waals surface area contributed by atoms with Crippen molar-refractivity contribution < 1.29 is 9.90 Å². The number of benzene rings is 1. The molecule has 3 N–H and O–H groups in total. The van der Waals surface area contributed by atoms with Gasteiger partial charge in [-0.05, 0) is 24.6 Å². The molecule has 6 heteroatoms. The van der Waals surface area contributed by atoms with Crippen molar-refractivity contribution in [3.8, 4) is 0 Å². The van der Waals surface area contributed by atoms with Crippen molar-refractivity contribution in [1.29, 1.82) is 0 Å². The summed E-state index contributed by atoms with van der Waals surface area (Å²) in [5, 5.41) is 13.8. The SMILES string of the molecule is Cc1ccc(C(=O)O)c(NCc2csc(=O)[nH]2)c1. The summed E-state index contributed by atoms with van der Waals surface area (Å²) in [4.78, 5) is 24.6. The van der Waals surface area contributed by atoms with Gasteiger partial charge in [0.1, 0.15) is 0 Å². The van der Waals surface area contributed by atoms with Crippen LogP contribution >= 0.6 is 11.3 Å². The van der Waals surface area contributed by atoms with Crippen LogP contribution in [0.15, 0.2) is 28.4 Å². The average Bonchev–Trinajstić information content (AvgIpc) is 2.72. The lowest BCUT2D eigenvalue weighted by Crippen LogP contribution is -2.07. The summed E-state index contributed by atoms with van der Waals surface area (Å²) >= 11 is 1.09. The van der Waals surface area contributed by atoms with Crippen LogP contribution in [0.3, 0.4) is 0 Å². The molecule has 2 aromatic rings. The van der Waals surface area contributed by atoms with Gasteiger partial charge in [-0.3, -0.25) is 4.79 Å². The molecule has 5 nitrogen and oxygen atoms in total. The van der Waals surface area contributed by atoms with Gasteiger partial charge in [0, 0.05) is 16.8 Å². The van der Waals surface area contributed by atoms with Gasteiger partial charge in [0.15, 0.2) is 0 Å². The Morgan fingerprint density at radius 1 is 1.50 bits per heavy atom. The molecular formula is C12H12N2O3S. The summed E-state index contributed by atoms with van der Waals surface area (Å²) in [7, 11) is 0. The molecule has 0 atom stereocenters. The van der Waals surface area contributed by atoms with E-state index in [1.54, 1.807) is 23.6 Å². The molecule has 18 heavy (non-hydrogen) atoms. The number of carboxylic acid groups (broad SMARTS) is 1. The molecule has 0 fully saturated rings. The maximum Gasteiger partial charge on any atom is 0.337 e. The number of nitrogens with one attached hydrogen (secondary N) is 2. The number of carbonyl (C=O) groups is 1. The zero-order valence-electron chi connectivity index (χ0n) is 9.69. The molecule has 94 valence electrons. The van der Waals surface area contributed by atoms with E-state index in [0.29, 0.717) is 12.2 Å². The lowest BCUT2D eigenvalue weighted by atomic mass is 10.1. The molecule has 1 aromatic heterocycles. The molecule has 0 saturated carbocycles. The number of aryl methyl sites for hydroxylation is 1. The van der Waals surface area contributed by atoms with Crippen LogP contribution in [-0.2, 0) is 6.54 Å². The molecule has 0 spiro atoms. The van der Waals surface area contributed by atoms with Gasteiger partial charge >= 0.3 is 10.8 Å². The molecule has 0 aliphatic rings. The van der Waals surface area contributed by atoms with E-state index in [4.69, 9.17) is 5.11 Å². The third-order valence-electron chi connectivity index (χ3n) is 2.45. The summed E-state index contributed by atoms with van der Waals surface area (Å²) in [5.74, 6) is -0.976. The number of rotatable bonds is 4. The highest BCUT2D eigenvalue weighted by atomic mass is 32.1. The zero-order valence-corrected chi connectivity index (χ0v) is 10.5. The molecule has 0 aliphatic heterocycles. The first kappa shape index (κ1) is 12.4. The predicted octanol–water partition coefficient (Wildman–Crippen LogP) is 2.06. The second-order valence-corrected chi connectivity index (χ2v) is 4.72. The quantitative estimate of drug-likeness (QED) is 0.789. The average molecular weight is 264 g/mol. The van der Waals surface area contributed by atoms with Crippen molar-refractivity contribution in [1.82, 2.24) is 4.98 Å². The number of aromatic amines is 1. The molecule has 0 amide bonds. The van der Waals surface area contributed by atoms with Crippen LogP contribution in [0.25, 0.3) is 0 Å². The van der Waals surface area contributed by atoms with Crippen LogP contribution in [0.4, 0.5) is 5.69 Å². The van der Waals surface area contributed by atoms with E-state index < -0.39 is 5.97 Å². The molecule has 0 saturated heterocycles. The van der Waals surface area contributed by atoms with Gasteiger partial charge in [0.2, 0.25) is 0 Å². The Labute approximate surface area is 107 Å². The molecule has 2 rings (SSSR count). The first-order valence-corrected chi connectivity index (χ1v) is 6.19. The molecule has 0 bridgehead atoms. The van der Waals surface area contributed by atoms with Crippen molar-refractivity contribution in [3.63, 3.8) is 0 Å². The van der Waals surface area contributed by atoms with Crippen LogP contribution < -0.4 is 10.2 Å². The van der Waals surface area contributed by atoms with Crippen LogP contribution in [0, 0.1) is 6.92 Å². The van der Waals surface area contributed by atoms with E-state index in [1.807, 2.05) is 6.92 Å². The van der Waals surface area contributed by atoms with E-state index in [1.165, 1.54) is 0 Å². The number of hydrogen-bond acceptors (Lipinski definition) is 4. The van der Waals surface area contributed by atoms with Crippen LogP contribution in [-0.4, -0.2) is 16.1 Å². The highest BCUT2D eigenvalue weighted by Crippen LogP contribution is 2.18. The fourth-order valence-electron chi connectivity index (χ4n) is 1.58. The highest BCUT2D eigenvalue weighted by Gasteiger charge is 2.09. The summed E-state index contributed by atoms with van der Waals surface area (Å²) in [6.45, 7) is 2.28. The molecule has 0 aliphatic carbocycles. The molecule has 1 aromatic carbocycles. The molecular weight excluding hydrogens is 252 g/mol. The van der Waals surface area contributed by atoms with Gasteiger partial charge in [-0.15, -0.1) is 0 Å². The standard InChI is InChI=1S/C12H12N2O3S/c1-7-2-3-9(11(15)16)10(4-7)13-5-8-6-18-12(17)14-8/h2-4,6,13H,5H2,1H3,(H,14,17)(H,15,16). The lowest BCUT2D eigenvalue weighted by Gasteiger charge is -2.09. The number of carboxylic acids is 1. The van der Waals surface area contributed by atoms with E-state index in [9.17, 15) is 9.59 Å². The van der Waals surface area contributed by atoms with Crippen LogP contribution in [0.5, 0.6) is 0 Å². The maximum atomic E-state index is 11.1. The zero-order chi connectivity index (χ0) is 13.1. The second kappa shape index (κ2) is 5.05. The van der Waals surface area contributed by atoms with Crippen LogP contribution in [0.2, 0.25) is 0 Å². The topological polar surface area (TPSA) is 82.2 Å². The molecule has 1 heterocycles. The fourth-order valence-corrected chi connectivity index (χ4v) is 2.16. The van der Waals surface area contributed by atoms with Gasteiger partial charge < -0.3 is 15.4 Å². The molecule has 0 radical (unpaired) electrons. The van der Waals surface area contributed by atoms with Gasteiger partial charge in [0.05, 0.1) is 12.1 Å². The lowest BCUT2D eigenvalue weighted by molar-refractivity contribution is 0.0698. The summed E-state index contributed by atoms with van der Waals surface area (Å²) < 4.78 is 0. The van der Waals surface area contributed by atoms with E-state index >= 15 is 0 Å². The number of H-pyrrole nitrogens is 1. The maximum absolute atomic E-state index is 11.1. The van der Waals surface area contributed by atoms with Gasteiger partial charge in [-0.2, -0.15) is 0 Å². The van der Waals surface area contributed by atoms with Crippen molar-refractivity contribution >= 4 is 23.0 Å². The number of aromatic carboxylic acids is 1. The van der Waals surface area contributed by atoms with E-state index in [0.717, 1.165) is 22.6 Å². The Hall–Kier alpha value is -2.08. The van der Waals surface area contributed by atoms with Crippen molar-refractivity contribution in [3.05, 3.63) is 50.1 Å². The van der Waals surface area contributed by atoms with Gasteiger partial charge in [0.25, 0.3) is 0 Å². The minimum atomic E-state index is -0.976. The summed E-state index contributed by atoms with van der Waals surface area (Å²) in [5.41, 5.74) is 2.48. The second-order valence-electron chi connectivity index (χ2n) is 3.88. The monoisotopic (exact) mass is 264 g/mol. The fraction of sp³-hybridized carbons (Fsp3) is 0.167. The Bertz CT molecular complexity index is 630. The predicted molar refractivity (Wildman–Crippen MR) is 70.4 cm³/mol. The number of aromatic nitrogens is 1. The Kier molecular flexibility index (Phi) is 3.47. The minimum absolute atomic E-state index is 0.116. The van der Waals surface area contributed by atoms with E-state index in [-0.39, 0.29) is 10.4 Å². The first-order chi connectivity index (χ1) is 8.56. The Morgan fingerprint density at radius 3 is 2.89 bits per heavy atom. The van der Waals surface area contributed by atoms with Crippen LogP contribution in [0.1, 0.15) is 21.6 Å². The van der Waals surface area contributed by atoms with Gasteiger partial charge in [-0.25, -0.2) is 4.79 Å². The third-order valence-corrected chi connectivity index (χ3v) is 3.16. The van der Waals surface area contributed by atoms with Crippen molar-refractivity contribution in [2.45, 2.75) is 13.5 Å². The summed E-state index contributed by atoms with van der Waals surface area (Å²) in [6, 6.07) is 5.09. The number of anilines is 1. The largest absolute Gasteiger partial charge is 0.478 e. The highest BCUT2D eigenvalue weighted by molar-refractivity contribution is 7.07. The number of hydrogen-bond donors (Lipinski definition) is 3. The normalized spacial score (nSPS) is 10.3. The minimum Gasteiger partial charge on any atom is -0.478 e. The Balaban J connectivity index is 2.20. The molecule has 0 unspecified atom stereocenters. The van der Waals surface area contributed by atoms with E-state index in [2.05, 4.69) is 10.3 Å².